The van der Waals surface area contributed by atoms with Crippen molar-refractivity contribution in [3.63, 3.8) is 0 Å². The lowest BCUT2D eigenvalue weighted by Gasteiger charge is -2.17. The molecule has 2 heterocycles. The van der Waals surface area contributed by atoms with Crippen LogP contribution in [-0.4, -0.2) is 46.4 Å². The summed E-state index contributed by atoms with van der Waals surface area (Å²) in [6, 6.07) is 3.86. The number of hydrogen-bond acceptors (Lipinski definition) is 3. The fourth-order valence-corrected chi connectivity index (χ4v) is 3.18. The van der Waals surface area contributed by atoms with E-state index in [4.69, 9.17) is 0 Å². The second kappa shape index (κ2) is 9.18. The summed E-state index contributed by atoms with van der Waals surface area (Å²) >= 11 is 3.46. The van der Waals surface area contributed by atoms with Crippen LogP contribution in [0.2, 0.25) is 0 Å². The van der Waals surface area contributed by atoms with Crippen LogP contribution in [0.3, 0.4) is 0 Å². The molecule has 24 heavy (non-hydrogen) atoms. The summed E-state index contributed by atoms with van der Waals surface area (Å²) in [6.45, 7) is 10.3. The highest BCUT2D eigenvalue weighted by Crippen LogP contribution is 2.17. The van der Waals surface area contributed by atoms with Crippen molar-refractivity contribution >= 4 is 27.5 Å². The molecule has 0 atom stereocenters. The summed E-state index contributed by atoms with van der Waals surface area (Å²) in [6.07, 6.45) is 4.73. The van der Waals surface area contributed by atoms with Crippen LogP contribution < -0.4 is 5.32 Å². The van der Waals surface area contributed by atoms with Crippen LogP contribution in [0.15, 0.2) is 22.8 Å². The number of nitrogens with zero attached hydrogens (tertiary/aromatic N) is 3. The molecule has 0 aromatic carbocycles. The Kier molecular flexibility index (Phi) is 7.24. The van der Waals surface area contributed by atoms with Crippen LogP contribution in [0.5, 0.6) is 0 Å². The van der Waals surface area contributed by atoms with Crippen LogP contribution >= 0.6 is 15.9 Å². The first kappa shape index (κ1) is 18.9. The summed E-state index contributed by atoms with van der Waals surface area (Å²) in [5, 5.41) is 3.05. The molecule has 5 nitrogen and oxygen atoms in total. The van der Waals surface area contributed by atoms with Gasteiger partial charge in [-0.25, -0.2) is 4.98 Å². The highest BCUT2D eigenvalue weighted by molar-refractivity contribution is 9.10. The van der Waals surface area contributed by atoms with Crippen LogP contribution in [0.25, 0.3) is 5.65 Å². The Morgan fingerprint density at radius 3 is 2.67 bits per heavy atom. The minimum absolute atomic E-state index is 0.0414. The van der Waals surface area contributed by atoms with Gasteiger partial charge in [0.15, 0.2) is 0 Å². The molecule has 0 aliphatic heterocycles. The lowest BCUT2D eigenvalue weighted by Crippen LogP contribution is -2.28. The predicted octanol–water partition coefficient (Wildman–Crippen LogP) is 3.51. The summed E-state index contributed by atoms with van der Waals surface area (Å²) in [4.78, 5) is 19.6. The van der Waals surface area contributed by atoms with Gasteiger partial charge in [0.25, 0.3) is 5.91 Å². The smallest absolute Gasteiger partial charge is 0.270 e. The standard InChI is InChI=1S/C18H27BrN4O/c1-4-15-17(23-13-14(19)9-10-16(23)21-15)18(24)20-11-7-8-12-22(5-2)6-3/h9-10,13H,4-8,11-12H2,1-3H3,(H,20,24). The van der Waals surface area contributed by atoms with E-state index in [0.29, 0.717) is 12.2 Å². The third kappa shape index (κ3) is 4.57. The van der Waals surface area contributed by atoms with Crippen molar-refractivity contribution in [3.05, 3.63) is 34.2 Å². The zero-order valence-electron chi connectivity index (χ0n) is 14.8. The second-order valence-electron chi connectivity index (χ2n) is 5.83. The second-order valence-corrected chi connectivity index (χ2v) is 6.74. The summed E-state index contributed by atoms with van der Waals surface area (Å²) in [5.41, 5.74) is 2.30. The molecule has 6 heteroatoms. The van der Waals surface area contributed by atoms with Crippen molar-refractivity contribution in [2.24, 2.45) is 0 Å². The van der Waals surface area contributed by atoms with Gasteiger partial charge < -0.3 is 10.2 Å². The van der Waals surface area contributed by atoms with E-state index in [2.05, 4.69) is 45.0 Å². The zero-order chi connectivity index (χ0) is 17.5. The van der Waals surface area contributed by atoms with E-state index in [1.165, 1.54) is 0 Å². The molecule has 0 radical (unpaired) electrons. The third-order valence-electron chi connectivity index (χ3n) is 4.29. The van der Waals surface area contributed by atoms with Gasteiger partial charge in [-0.3, -0.25) is 9.20 Å². The number of hydrogen-bond donors (Lipinski definition) is 1. The van der Waals surface area contributed by atoms with Gasteiger partial charge in [-0.1, -0.05) is 20.8 Å². The molecule has 0 aliphatic rings. The maximum Gasteiger partial charge on any atom is 0.270 e. The summed E-state index contributed by atoms with van der Waals surface area (Å²) in [5.74, 6) is -0.0414. The van der Waals surface area contributed by atoms with E-state index in [-0.39, 0.29) is 5.91 Å². The molecule has 2 rings (SSSR count). The third-order valence-corrected chi connectivity index (χ3v) is 4.75. The molecular weight excluding hydrogens is 368 g/mol. The van der Waals surface area contributed by atoms with Crippen molar-refractivity contribution < 1.29 is 4.79 Å². The topological polar surface area (TPSA) is 49.6 Å². The predicted molar refractivity (Wildman–Crippen MR) is 102 cm³/mol. The number of aryl methyl sites for hydroxylation is 1. The van der Waals surface area contributed by atoms with E-state index in [1.807, 2.05) is 29.7 Å². The number of unbranched alkanes of at least 4 members (excludes halogenated alkanes) is 1. The van der Waals surface area contributed by atoms with Crippen LogP contribution in [0.1, 0.15) is 49.8 Å². The van der Waals surface area contributed by atoms with Crippen LogP contribution in [0, 0.1) is 0 Å². The molecule has 0 saturated carbocycles. The average molecular weight is 395 g/mol. The number of rotatable bonds is 9. The SMILES string of the molecule is CCc1nc2ccc(Br)cn2c1C(=O)NCCCCN(CC)CC. The molecule has 0 saturated heterocycles. The molecule has 1 amide bonds. The minimum Gasteiger partial charge on any atom is -0.351 e. The van der Waals surface area contributed by atoms with Gasteiger partial charge in [-0.05, 0) is 67.0 Å². The van der Waals surface area contributed by atoms with Gasteiger partial charge in [-0.2, -0.15) is 0 Å². The molecule has 0 fully saturated rings. The van der Waals surface area contributed by atoms with Gasteiger partial charge in [0.1, 0.15) is 11.3 Å². The first-order valence-corrected chi connectivity index (χ1v) is 9.57. The number of carbonyl (C=O) groups is 1. The fraction of sp³-hybridized carbons (Fsp3) is 0.556. The fourth-order valence-electron chi connectivity index (χ4n) is 2.84. The maximum atomic E-state index is 12.6. The van der Waals surface area contributed by atoms with Crippen molar-refractivity contribution in [1.29, 1.82) is 0 Å². The van der Waals surface area contributed by atoms with Crippen LogP contribution in [-0.2, 0) is 6.42 Å². The maximum absolute atomic E-state index is 12.6. The molecule has 132 valence electrons. The molecule has 1 N–H and O–H groups in total. The van der Waals surface area contributed by atoms with Gasteiger partial charge in [0.05, 0.1) is 5.69 Å². The Labute approximate surface area is 152 Å². The summed E-state index contributed by atoms with van der Waals surface area (Å²) in [7, 11) is 0. The Hall–Kier alpha value is -1.40. The number of halogens is 1. The Morgan fingerprint density at radius 2 is 2.00 bits per heavy atom. The number of nitrogens with one attached hydrogen (secondary N) is 1. The number of imidazole rings is 1. The van der Waals surface area contributed by atoms with E-state index in [0.717, 1.165) is 54.7 Å². The van der Waals surface area contributed by atoms with Gasteiger partial charge in [0.2, 0.25) is 0 Å². The van der Waals surface area contributed by atoms with Crippen molar-refractivity contribution in [2.45, 2.75) is 40.0 Å². The van der Waals surface area contributed by atoms with Crippen molar-refractivity contribution in [3.8, 4) is 0 Å². The van der Waals surface area contributed by atoms with Crippen molar-refractivity contribution in [2.75, 3.05) is 26.2 Å². The van der Waals surface area contributed by atoms with Crippen molar-refractivity contribution in [1.82, 2.24) is 19.6 Å². The number of amides is 1. The van der Waals surface area contributed by atoms with E-state index in [9.17, 15) is 4.79 Å². The molecule has 0 bridgehead atoms. The first-order chi connectivity index (χ1) is 11.6. The number of carbonyl (C=O) groups excluding carboxylic acids is 1. The highest BCUT2D eigenvalue weighted by atomic mass is 79.9. The molecule has 0 spiro atoms. The van der Waals surface area contributed by atoms with Crippen LogP contribution in [0.4, 0.5) is 0 Å². The van der Waals surface area contributed by atoms with E-state index >= 15 is 0 Å². The van der Waals surface area contributed by atoms with E-state index in [1.54, 1.807) is 0 Å². The Balaban J connectivity index is 1.97. The summed E-state index contributed by atoms with van der Waals surface area (Å²) < 4.78 is 2.80. The monoisotopic (exact) mass is 394 g/mol. The molecule has 0 aliphatic carbocycles. The molecule has 2 aromatic heterocycles. The lowest BCUT2D eigenvalue weighted by molar-refractivity contribution is 0.0945. The highest BCUT2D eigenvalue weighted by Gasteiger charge is 2.17. The molecule has 0 unspecified atom stereocenters. The Bertz CT molecular complexity index is 679. The normalized spacial score (nSPS) is 11.4. The zero-order valence-corrected chi connectivity index (χ0v) is 16.4. The Morgan fingerprint density at radius 1 is 1.25 bits per heavy atom. The van der Waals surface area contributed by atoms with Gasteiger partial charge >= 0.3 is 0 Å². The van der Waals surface area contributed by atoms with E-state index < -0.39 is 0 Å². The average Bonchev–Trinajstić information content (AvgIpc) is 2.95. The molecule has 2 aromatic rings. The quantitative estimate of drug-likeness (QED) is 0.661. The number of aromatic nitrogens is 2. The minimum atomic E-state index is -0.0414. The van der Waals surface area contributed by atoms with Gasteiger partial charge in [-0.15, -0.1) is 0 Å². The largest absolute Gasteiger partial charge is 0.351 e. The first-order valence-electron chi connectivity index (χ1n) is 8.77. The number of fused-ring (bicyclic) bond motifs is 1. The number of pyridine rings is 1. The van der Waals surface area contributed by atoms with Gasteiger partial charge in [0, 0.05) is 17.2 Å². The lowest BCUT2D eigenvalue weighted by atomic mass is 10.2. The molecular formula is C18H27BrN4O.